The summed E-state index contributed by atoms with van der Waals surface area (Å²) in [4.78, 5) is 9.00. The fraction of sp³-hybridized carbons (Fsp3) is 0.533. The van der Waals surface area contributed by atoms with Crippen molar-refractivity contribution in [2.24, 2.45) is 0 Å². The summed E-state index contributed by atoms with van der Waals surface area (Å²) in [5.41, 5.74) is 7.89. The van der Waals surface area contributed by atoms with Crippen LogP contribution in [0.4, 0.5) is 5.69 Å². The molecule has 0 spiro atoms. The number of aliphatic carboxylic acids is 1. The van der Waals surface area contributed by atoms with Crippen molar-refractivity contribution in [3.8, 4) is 0 Å². The molecule has 0 aromatic heterocycles. The molecule has 1 fully saturated rings. The van der Waals surface area contributed by atoms with Crippen molar-refractivity contribution in [3.05, 3.63) is 29.8 Å². The largest absolute Gasteiger partial charge is 0.481 e. The molecule has 0 atom stereocenters. The average Bonchev–Trinajstić information content (AvgIpc) is 2.39. The van der Waals surface area contributed by atoms with Crippen molar-refractivity contribution < 1.29 is 15.0 Å². The number of anilines is 1. The molecule has 0 aliphatic heterocycles. The van der Waals surface area contributed by atoms with Crippen molar-refractivity contribution in [2.75, 3.05) is 5.73 Å². The van der Waals surface area contributed by atoms with Crippen LogP contribution in [0.1, 0.15) is 38.2 Å². The Hall–Kier alpha value is -1.59. The first-order chi connectivity index (χ1) is 9.49. The van der Waals surface area contributed by atoms with Gasteiger partial charge in [0.15, 0.2) is 0 Å². The summed E-state index contributed by atoms with van der Waals surface area (Å²) in [5.74, 6) is -0.833. The van der Waals surface area contributed by atoms with E-state index >= 15 is 0 Å². The van der Waals surface area contributed by atoms with Crippen molar-refractivity contribution in [1.29, 1.82) is 0 Å². The minimum Gasteiger partial charge on any atom is -0.481 e. The van der Waals surface area contributed by atoms with Crippen LogP contribution in [0.3, 0.4) is 0 Å². The molecule has 20 heavy (non-hydrogen) atoms. The molecule has 1 aliphatic carbocycles. The molecule has 0 bridgehead atoms. The molecular weight excluding hydrogens is 256 g/mol. The van der Waals surface area contributed by atoms with Crippen LogP contribution in [0.2, 0.25) is 0 Å². The Kier molecular flexibility index (Phi) is 7.04. The number of hydrogen-bond donors (Lipinski definition) is 4. The molecule has 2 rings (SSSR count). The van der Waals surface area contributed by atoms with Gasteiger partial charge in [0.05, 0.1) is 6.10 Å². The number of rotatable bonds is 3. The van der Waals surface area contributed by atoms with Crippen molar-refractivity contribution in [3.63, 3.8) is 0 Å². The zero-order chi connectivity index (χ0) is 15.0. The number of hydrogen-bond acceptors (Lipinski definition) is 4. The monoisotopic (exact) mass is 280 g/mol. The number of carbonyl (C=O) groups is 1. The third-order valence-corrected chi connectivity index (χ3v) is 3.33. The molecule has 112 valence electrons. The zero-order valence-corrected chi connectivity index (χ0v) is 11.9. The van der Waals surface area contributed by atoms with Crippen LogP contribution in [0.25, 0.3) is 0 Å². The van der Waals surface area contributed by atoms with Crippen LogP contribution in [-0.2, 0) is 11.3 Å². The smallest absolute Gasteiger partial charge is 0.300 e. The lowest BCUT2D eigenvalue weighted by molar-refractivity contribution is -0.134. The summed E-state index contributed by atoms with van der Waals surface area (Å²) in [6, 6.07) is 8.48. The number of aliphatic hydroxyl groups excluding tert-OH is 1. The minimum atomic E-state index is -0.833. The summed E-state index contributed by atoms with van der Waals surface area (Å²) < 4.78 is 0. The fourth-order valence-corrected chi connectivity index (χ4v) is 2.23. The summed E-state index contributed by atoms with van der Waals surface area (Å²) in [6.07, 6.45) is 3.88. The third kappa shape index (κ3) is 6.54. The minimum absolute atomic E-state index is 0.0835. The van der Waals surface area contributed by atoms with E-state index in [0.29, 0.717) is 6.04 Å². The standard InChI is InChI=1S/C13H20N2O.C2H4O2/c14-13-4-2-1-3-10(13)9-15-11-5-7-12(16)8-6-11;1-2(3)4/h1-4,11-12,15-16H,5-9,14H2;1H3,(H,3,4). The maximum absolute atomic E-state index is 9.41. The van der Waals surface area contributed by atoms with Crippen molar-refractivity contribution in [2.45, 2.75) is 51.3 Å². The first-order valence-electron chi connectivity index (χ1n) is 6.93. The van der Waals surface area contributed by atoms with Gasteiger partial charge >= 0.3 is 0 Å². The van der Waals surface area contributed by atoms with Crippen LogP contribution < -0.4 is 11.1 Å². The summed E-state index contributed by atoms with van der Waals surface area (Å²) in [5, 5.41) is 20.3. The molecule has 5 heteroatoms. The Labute approximate surface area is 119 Å². The quantitative estimate of drug-likeness (QED) is 0.633. The normalized spacial score (nSPS) is 21.7. The van der Waals surface area contributed by atoms with Crippen molar-refractivity contribution >= 4 is 11.7 Å². The van der Waals surface area contributed by atoms with Gasteiger partial charge < -0.3 is 21.3 Å². The van der Waals surface area contributed by atoms with E-state index in [4.69, 9.17) is 15.6 Å². The van der Waals surface area contributed by atoms with Gasteiger partial charge in [-0.2, -0.15) is 0 Å². The molecule has 0 unspecified atom stereocenters. The number of nitrogens with two attached hydrogens (primary N) is 1. The van der Waals surface area contributed by atoms with E-state index in [1.165, 1.54) is 0 Å². The number of nitrogens with one attached hydrogen (secondary N) is 1. The second-order valence-corrected chi connectivity index (χ2v) is 5.10. The topological polar surface area (TPSA) is 95.6 Å². The van der Waals surface area contributed by atoms with Gasteiger partial charge in [0.2, 0.25) is 0 Å². The highest BCUT2D eigenvalue weighted by Crippen LogP contribution is 2.19. The number of nitrogen functional groups attached to an aromatic ring is 1. The molecular formula is C15H24N2O3. The fourth-order valence-electron chi connectivity index (χ4n) is 2.23. The van der Waals surface area contributed by atoms with Crippen molar-refractivity contribution in [1.82, 2.24) is 5.32 Å². The summed E-state index contributed by atoms with van der Waals surface area (Å²) in [6.45, 7) is 1.91. The first kappa shape index (κ1) is 16.5. The number of carboxylic acids is 1. The molecule has 0 radical (unpaired) electrons. The lowest BCUT2D eigenvalue weighted by Crippen LogP contribution is -2.34. The maximum Gasteiger partial charge on any atom is 0.300 e. The molecule has 1 aliphatic rings. The molecule has 0 amide bonds. The molecule has 1 saturated carbocycles. The molecule has 0 saturated heterocycles. The van der Waals surface area contributed by atoms with E-state index in [1.807, 2.05) is 18.2 Å². The van der Waals surface area contributed by atoms with Gasteiger partial charge in [-0.1, -0.05) is 18.2 Å². The molecule has 1 aromatic carbocycles. The van der Waals surface area contributed by atoms with Gasteiger partial charge in [0.25, 0.3) is 5.97 Å². The second kappa shape index (κ2) is 8.55. The van der Waals surface area contributed by atoms with E-state index in [2.05, 4.69) is 11.4 Å². The Bertz CT molecular complexity index is 411. The third-order valence-electron chi connectivity index (χ3n) is 3.33. The van der Waals surface area contributed by atoms with E-state index < -0.39 is 5.97 Å². The average molecular weight is 280 g/mol. The highest BCUT2D eigenvalue weighted by atomic mass is 16.4. The van der Waals surface area contributed by atoms with Gasteiger partial charge in [0.1, 0.15) is 0 Å². The molecule has 1 aromatic rings. The zero-order valence-electron chi connectivity index (χ0n) is 11.9. The first-order valence-corrected chi connectivity index (χ1v) is 6.93. The van der Waals surface area contributed by atoms with Gasteiger partial charge in [-0.25, -0.2) is 0 Å². The lowest BCUT2D eigenvalue weighted by atomic mass is 9.93. The Balaban J connectivity index is 0.000000444. The molecule has 5 N–H and O–H groups in total. The summed E-state index contributed by atoms with van der Waals surface area (Å²) >= 11 is 0. The number of para-hydroxylation sites is 1. The van der Waals surface area contributed by atoms with E-state index in [0.717, 1.165) is 50.4 Å². The van der Waals surface area contributed by atoms with Gasteiger partial charge in [-0.15, -0.1) is 0 Å². The van der Waals surface area contributed by atoms with E-state index in [-0.39, 0.29) is 6.10 Å². The van der Waals surface area contributed by atoms with Crippen LogP contribution in [-0.4, -0.2) is 28.3 Å². The Morgan fingerprint density at radius 2 is 1.85 bits per heavy atom. The predicted molar refractivity (Wildman–Crippen MR) is 79.3 cm³/mol. The predicted octanol–water partition coefficient (Wildman–Crippen LogP) is 1.75. The van der Waals surface area contributed by atoms with Gasteiger partial charge in [-0.3, -0.25) is 4.79 Å². The number of aliphatic hydroxyl groups is 1. The number of benzene rings is 1. The van der Waals surface area contributed by atoms with Gasteiger partial charge in [0, 0.05) is 25.2 Å². The van der Waals surface area contributed by atoms with Crippen LogP contribution >= 0.6 is 0 Å². The van der Waals surface area contributed by atoms with Crippen LogP contribution in [0.15, 0.2) is 24.3 Å². The number of carboxylic acid groups (broad SMARTS) is 1. The van der Waals surface area contributed by atoms with Crippen LogP contribution in [0.5, 0.6) is 0 Å². The second-order valence-electron chi connectivity index (χ2n) is 5.10. The van der Waals surface area contributed by atoms with Gasteiger partial charge in [-0.05, 0) is 37.3 Å². The summed E-state index contributed by atoms with van der Waals surface area (Å²) in [7, 11) is 0. The Morgan fingerprint density at radius 3 is 2.40 bits per heavy atom. The molecule has 5 nitrogen and oxygen atoms in total. The maximum atomic E-state index is 9.41. The molecule has 0 heterocycles. The Morgan fingerprint density at radius 1 is 1.30 bits per heavy atom. The highest BCUT2D eigenvalue weighted by molar-refractivity contribution is 5.62. The van der Waals surface area contributed by atoms with Crippen LogP contribution in [0, 0.1) is 0 Å². The lowest BCUT2D eigenvalue weighted by Gasteiger charge is -2.26. The van der Waals surface area contributed by atoms with E-state index in [9.17, 15) is 5.11 Å². The SMILES string of the molecule is CC(=O)O.Nc1ccccc1CNC1CCC(O)CC1. The van der Waals surface area contributed by atoms with E-state index in [1.54, 1.807) is 0 Å². The highest BCUT2D eigenvalue weighted by Gasteiger charge is 2.18.